The minimum Gasteiger partial charge on any atom is -0.870 e. The quantitative estimate of drug-likeness (QED) is 0.0991. The summed E-state index contributed by atoms with van der Waals surface area (Å²) in [5.41, 5.74) is -1.09. The molecular weight excluding hydrogens is 765 g/mol. The van der Waals surface area contributed by atoms with Crippen LogP contribution in [-0.4, -0.2) is 49.9 Å². The van der Waals surface area contributed by atoms with Crippen LogP contribution in [0.25, 0.3) is 10.8 Å². The molecule has 15 nitrogen and oxygen atoms in total. The number of anilines is 1. The van der Waals surface area contributed by atoms with Gasteiger partial charge < -0.3 is 14.4 Å². The summed E-state index contributed by atoms with van der Waals surface area (Å²) in [5, 5.41) is 20.9. The van der Waals surface area contributed by atoms with E-state index in [4.69, 9.17) is 4.74 Å². The van der Waals surface area contributed by atoms with Crippen molar-refractivity contribution in [2.24, 2.45) is 10.2 Å². The zero-order valence-corrected chi connectivity index (χ0v) is 35.5. The number of ether oxygens (including phenoxy) is 1. The van der Waals surface area contributed by atoms with Gasteiger partial charge in [0.25, 0.3) is 20.1 Å². The van der Waals surface area contributed by atoms with E-state index < -0.39 is 77.8 Å². The molecule has 0 aromatic heterocycles. The summed E-state index contributed by atoms with van der Waals surface area (Å²) in [7, 11) is -17.9. The molecule has 0 aliphatic heterocycles. The van der Waals surface area contributed by atoms with E-state index in [2.05, 4.69) is 21.5 Å². The zero-order chi connectivity index (χ0) is 34.4. The van der Waals surface area contributed by atoms with Gasteiger partial charge in [-0.25, -0.2) is 25.3 Å². The molecule has 4 rings (SSSR count). The van der Waals surface area contributed by atoms with Gasteiger partial charge in [-0.3, -0.25) is 9.27 Å². The van der Waals surface area contributed by atoms with E-state index in [1.807, 2.05) is 0 Å². The molecule has 0 heterocycles. The van der Waals surface area contributed by atoms with Crippen LogP contribution in [-0.2, 0) is 40.1 Å². The molecule has 0 unspecified atom stereocenters. The number of rotatable bonds is 10. The van der Waals surface area contributed by atoms with Crippen LogP contribution in [0.1, 0.15) is 11.1 Å². The molecule has 0 aliphatic rings. The van der Waals surface area contributed by atoms with Crippen LogP contribution in [0.3, 0.4) is 0 Å². The van der Waals surface area contributed by atoms with Gasteiger partial charge in [0.15, 0.2) is 9.84 Å². The van der Waals surface area contributed by atoms with Crippen molar-refractivity contribution < 1.29 is 155 Å². The predicted octanol–water partition coefficient (Wildman–Crippen LogP) is -2.17. The van der Waals surface area contributed by atoms with Crippen molar-refractivity contribution in [2.45, 2.75) is 33.4 Å². The van der Waals surface area contributed by atoms with Crippen LogP contribution < -0.4 is 117 Å². The Hall–Kier alpha value is -1.13. The number of hydrogen-bond donors (Lipinski definition) is 2. The SMILES string of the molecule is C=CS(=O)(=O)c1cc(OC)c(N=Nc2c(S(=O)(=O)O)cc3cc(S(=O)(=O)[O-])cc(NS(=O)(=O)c4ccc(C)cc4)c3c2[O-])cc1C.[K+].[K+]. The van der Waals surface area contributed by atoms with Crippen molar-refractivity contribution >= 4 is 67.9 Å². The monoisotopic (exact) mass is 787 g/mol. The molecule has 244 valence electrons. The minimum atomic E-state index is -5.29. The first-order valence-corrected chi connectivity index (χ1v) is 18.4. The second-order valence-corrected chi connectivity index (χ2v) is 16.0. The van der Waals surface area contributed by atoms with Gasteiger partial charge in [-0.2, -0.15) is 8.42 Å². The summed E-state index contributed by atoms with van der Waals surface area (Å²) in [6.07, 6.45) is 0. The number of sulfone groups is 1. The number of hydrogen-bond acceptors (Lipinski definition) is 13. The molecule has 0 radical (unpaired) electrons. The smallest absolute Gasteiger partial charge is 0.870 e. The topological polar surface area (TPSA) is 249 Å². The van der Waals surface area contributed by atoms with E-state index in [0.29, 0.717) is 29.2 Å². The van der Waals surface area contributed by atoms with Crippen LogP contribution >= 0.6 is 0 Å². The third-order valence-corrected chi connectivity index (χ3v) is 11.1. The summed E-state index contributed by atoms with van der Waals surface area (Å²) in [6, 6.07) is 9.50. The van der Waals surface area contributed by atoms with Gasteiger partial charge in [0.2, 0.25) is 0 Å². The first-order valence-electron chi connectivity index (χ1n) is 12.5. The van der Waals surface area contributed by atoms with Gasteiger partial charge >= 0.3 is 103 Å². The predicted molar refractivity (Wildman–Crippen MR) is 162 cm³/mol. The zero-order valence-electron chi connectivity index (χ0n) is 25.9. The van der Waals surface area contributed by atoms with Gasteiger partial charge in [0, 0.05) is 16.9 Å². The standard InChI is InChI=1S/C27H25N3O12S4.2K/c1-5-43(32,33)23-14-22(42-4)20(10-16(23)3)28-29-26-24(46(39,40)41)12-17-11-19(45(36,37)38)13-21(25(17)27(26)31)30-44(34,35)18-8-6-15(2)7-9-18;;/h5-14,30-31H,1H2,2-4H3,(H,36,37,38)(H,39,40,41);;/q;2*+1/p-2. The second-order valence-electron chi connectivity index (χ2n) is 9.67. The molecule has 4 aromatic rings. The Morgan fingerprint density at radius 2 is 1.46 bits per heavy atom. The maximum absolute atomic E-state index is 13.8. The summed E-state index contributed by atoms with van der Waals surface area (Å²) < 4.78 is 129. The van der Waals surface area contributed by atoms with Crippen LogP contribution in [0.2, 0.25) is 0 Å². The molecular formula is C27H23K2N3O12S4. The van der Waals surface area contributed by atoms with Gasteiger partial charge in [0.05, 0.1) is 33.2 Å². The van der Waals surface area contributed by atoms with E-state index in [1.54, 1.807) is 6.92 Å². The van der Waals surface area contributed by atoms with Gasteiger partial charge in [-0.05, 0) is 61.2 Å². The Balaban J connectivity index is 0.00000400. The molecule has 0 amide bonds. The van der Waals surface area contributed by atoms with E-state index in [9.17, 15) is 47.9 Å². The molecule has 0 spiro atoms. The van der Waals surface area contributed by atoms with Gasteiger partial charge in [0.1, 0.15) is 26.5 Å². The Bertz CT molecular complexity index is 2400. The number of aryl methyl sites for hydroxylation is 2. The number of nitrogens with zero attached hydrogens (tertiary/aromatic N) is 2. The Kier molecular flexibility index (Phi) is 14.4. The van der Waals surface area contributed by atoms with Crippen LogP contribution in [0, 0.1) is 13.8 Å². The average molecular weight is 788 g/mol. The van der Waals surface area contributed by atoms with E-state index >= 15 is 0 Å². The molecule has 0 bridgehead atoms. The Morgan fingerprint density at radius 1 is 0.854 bits per heavy atom. The summed E-state index contributed by atoms with van der Waals surface area (Å²) in [4.78, 5) is -2.68. The van der Waals surface area contributed by atoms with Crippen molar-refractivity contribution in [1.29, 1.82) is 0 Å². The van der Waals surface area contributed by atoms with Crippen LogP contribution in [0.15, 0.2) is 96.4 Å². The van der Waals surface area contributed by atoms with Gasteiger partial charge in [-0.1, -0.05) is 30.0 Å². The summed E-state index contributed by atoms with van der Waals surface area (Å²) >= 11 is 0. The van der Waals surface area contributed by atoms with Crippen molar-refractivity contribution in [1.82, 2.24) is 0 Å². The molecule has 21 heteroatoms. The van der Waals surface area contributed by atoms with Crippen molar-refractivity contribution in [3.8, 4) is 11.5 Å². The fourth-order valence-electron chi connectivity index (χ4n) is 4.28. The van der Waals surface area contributed by atoms with Gasteiger partial charge in [-0.15, -0.1) is 10.2 Å². The maximum Gasteiger partial charge on any atom is 1.00 e. The number of fused-ring (bicyclic) bond motifs is 1. The molecule has 2 N–H and O–H groups in total. The fraction of sp³-hybridized carbons (Fsp3) is 0.111. The first kappa shape index (κ1) is 43.0. The Labute approximate surface area is 362 Å². The van der Waals surface area contributed by atoms with E-state index in [-0.39, 0.29) is 130 Å². The van der Waals surface area contributed by atoms with E-state index in [1.165, 1.54) is 44.4 Å². The Morgan fingerprint density at radius 3 is 1.98 bits per heavy atom. The second kappa shape index (κ2) is 16.0. The number of benzene rings is 4. The number of azo groups is 1. The maximum atomic E-state index is 13.8. The van der Waals surface area contributed by atoms with Crippen LogP contribution in [0.4, 0.5) is 17.1 Å². The summed E-state index contributed by atoms with van der Waals surface area (Å²) in [6.45, 7) is 6.36. The molecule has 0 fully saturated rings. The fourth-order valence-corrected chi connectivity index (χ4v) is 7.49. The summed E-state index contributed by atoms with van der Waals surface area (Å²) in [5.74, 6) is -1.51. The van der Waals surface area contributed by atoms with Crippen molar-refractivity contribution in [3.05, 3.63) is 77.7 Å². The molecule has 4 aromatic carbocycles. The number of nitrogens with one attached hydrogen (secondary N) is 1. The third-order valence-electron chi connectivity index (χ3n) is 6.51. The normalized spacial score (nSPS) is 12.3. The van der Waals surface area contributed by atoms with E-state index in [0.717, 1.165) is 6.07 Å². The molecule has 0 saturated heterocycles. The first-order chi connectivity index (χ1) is 21.2. The van der Waals surface area contributed by atoms with Crippen molar-refractivity contribution in [3.63, 3.8) is 0 Å². The average Bonchev–Trinajstić information content (AvgIpc) is 2.95. The molecule has 0 aliphatic carbocycles. The molecule has 48 heavy (non-hydrogen) atoms. The number of methoxy groups -OCH3 is 1. The third kappa shape index (κ3) is 9.40. The van der Waals surface area contributed by atoms with Crippen molar-refractivity contribution in [2.75, 3.05) is 11.8 Å². The largest absolute Gasteiger partial charge is 1.00 e. The molecule has 0 saturated carbocycles. The molecule has 0 atom stereocenters. The van der Waals surface area contributed by atoms with Crippen LogP contribution in [0.5, 0.6) is 11.5 Å². The minimum absolute atomic E-state index is 0. The number of sulfonamides is 1.